The van der Waals surface area contributed by atoms with E-state index < -0.39 is 10.1 Å². The first-order chi connectivity index (χ1) is 16.7. The molecule has 0 amide bonds. The van der Waals surface area contributed by atoms with Crippen molar-refractivity contribution in [2.24, 2.45) is 5.73 Å². The molecule has 3 aromatic rings. The second-order valence-electron chi connectivity index (χ2n) is 7.52. The summed E-state index contributed by atoms with van der Waals surface area (Å²) in [4.78, 5) is 4.24. The highest BCUT2D eigenvalue weighted by molar-refractivity contribution is 7.85. The van der Waals surface area contributed by atoms with Crippen molar-refractivity contribution < 1.29 is 31.6 Å². The van der Waals surface area contributed by atoms with Crippen LogP contribution in [0.4, 0.5) is 10.4 Å². The predicted molar refractivity (Wildman–Crippen MR) is 133 cm³/mol. The van der Waals surface area contributed by atoms with Gasteiger partial charge in [-0.15, -0.1) is 11.6 Å². The Morgan fingerprint density at radius 2 is 2.00 bits per heavy atom. The number of rotatable bonds is 11. The van der Waals surface area contributed by atoms with E-state index in [2.05, 4.69) is 10.3 Å². The van der Waals surface area contributed by atoms with Crippen molar-refractivity contribution in [3.8, 4) is 5.75 Å². The summed E-state index contributed by atoms with van der Waals surface area (Å²) in [6.07, 6.45) is 1.69. The molecule has 0 bridgehead atoms. The van der Waals surface area contributed by atoms with Gasteiger partial charge in [0.25, 0.3) is 16.1 Å². The molecule has 0 spiro atoms. The van der Waals surface area contributed by atoms with Gasteiger partial charge in [-0.25, -0.2) is 4.39 Å². The lowest BCUT2D eigenvalue weighted by molar-refractivity contribution is 0.285. The number of ether oxygens (including phenoxy) is 1. The molecule has 0 aliphatic rings. The molecule has 1 atom stereocenters. The Morgan fingerprint density at radius 3 is 2.60 bits per heavy atom. The number of halogens is 2. The Balaban J connectivity index is 0.000000328. The smallest absolute Gasteiger partial charge is 0.295 e. The summed E-state index contributed by atoms with van der Waals surface area (Å²) in [5.41, 5.74) is 7.95. The average molecular weight is 530 g/mol. The number of aliphatic hydroxyl groups excluding tert-OH is 1. The minimum atomic E-state index is -4.02. The Morgan fingerprint density at radius 1 is 1.29 bits per heavy atom. The normalized spacial score (nSPS) is 12.7. The molecular weight excluding hydrogens is 501 g/mol. The van der Waals surface area contributed by atoms with Crippen LogP contribution in [0.25, 0.3) is 11.1 Å². The maximum absolute atomic E-state index is 12.5. The summed E-state index contributed by atoms with van der Waals surface area (Å²) in [5, 5.41) is 11.8. The van der Waals surface area contributed by atoms with E-state index in [1.165, 1.54) is 12.1 Å². The number of nitrogens with zero attached hydrogens (tertiary/aromatic N) is 1. The summed E-state index contributed by atoms with van der Waals surface area (Å²) in [6.45, 7) is 2.69. The standard InChI is InChI=1S/C16H21ClFN3O3.C7H8O3S/c17-12(4-6-22)3-5-20-16-21-14-2-1-13(7-15(14)24-16)23-10-11(8-18)9-19;1-6-2-4-7(5-3-6)11(8,9)10/h1-2,7-8,12,22H,3-6,9-10,19H2,(H,20,21);2-5H,1H3,(H,8,9,10)/b11-8-;. The van der Waals surface area contributed by atoms with Gasteiger partial charge in [0.1, 0.15) is 17.9 Å². The van der Waals surface area contributed by atoms with Crippen molar-refractivity contribution >= 4 is 38.8 Å². The molecule has 0 aliphatic carbocycles. The largest absolute Gasteiger partial charge is 0.489 e. The predicted octanol–water partition coefficient (Wildman–Crippen LogP) is 4.05. The monoisotopic (exact) mass is 529 g/mol. The van der Waals surface area contributed by atoms with E-state index in [0.717, 1.165) is 5.56 Å². The van der Waals surface area contributed by atoms with Gasteiger partial charge < -0.3 is 25.3 Å². The van der Waals surface area contributed by atoms with Crippen LogP contribution in [-0.4, -0.2) is 54.7 Å². The number of hydrogen-bond donors (Lipinski definition) is 4. The van der Waals surface area contributed by atoms with Crippen LogP contribution in [0.3, 0.4) is 0 Å². The maximum atomic E-state index is 12.5. The first-order valence-corrected chi connectivity index (χ1v) is 12.6. The van der Waals surface area contributed by atoms with Gasteiger partial charge in [-0.2, -0.15) is 13.4 Å². The second-order valence-corrected chi connectivity index (χ2v) is 9.56. The molecule has 2 aromatic carbocycles. The topological polar surface area (TPSA) is 148 Å². The van der Waals surface area contributed by atoms with Crippen molar-refractivity contribution in [3.63, 3.8) is 0 Å². The van der Waals surface area contributed by atoms with E-state index in [-0.39, 0.29) is 30.0 Å². The third-order valence-corrected chi connectivity index (χ3v) is 6.00. The fourth-order valence-electron chi connectivity index (χ4n) is 2.71. The summed E-state index contributed by atoms with van der Waals surface area (Å²) in [5.74, 6) is 0.543. The van der Waals surface area contributed by atoms with Crippen molar-refractivity contribution in [1.82, 2.24) is 4.98 Å². The fraction of sp³-hybridized carbons (Fsp3) is 0.348. The zero-order chi connectivity index (χ0) is 25.8. The Kier molecular flexibility index (Phi) is 11.4. The summed E-state index contributed by atoms with van der Waals surface area (Å²) < 4.78 is 53.1. The lowest BCUT2D eigenvalue weighted by Crippen LogP contribution is -2.10. The number of nitrogens with one attached hydrogen (secondary N) is 1. The number of aliphatic hydroxyl groups is 1. The molecule has 0 saturated heterocycles. The molecule has 192 valence electrons. The van der Waals surface area contributed by atoms with Gasteiger partial charge >= 0.3 is 0 Å². The first kappa shape index (κ1) is 28.5. The number of aryl methyl sites for hydroxylation is 1. The molecular formula is C23H29ClFN3O6S. The van der Waals surface area contributed by atoms with Crippen LogP contribution in [0.5, 0.6) is 5.75 Å². The Hall–Kier alpha value is -2.70. The van der Waals surface area contributed by atoms with Crippen molar-refractivity contribution in [2.75, 3.05) is 31.6 Å². The van der Waals surface area contributed by atoms with Gasteiger partial charge in [-0.05, 0) is 44.0 Å². The van der Waals surface area contributed by atoms with Crippen molar-refractivity contribution in [3.05, 3.63) is 59.9 Å². The lowest BCUT2D eigenvalue weighted by atomic mass is 10.2. The number of nitrogens with two attached hydrogens (primary N) is 1. The van der Waals surface area contributed by atoms with Crippen LogP contribution in [-0.2, 0) is 10.1 Å². The number of benzene rings is 2. The molecule has 0 fully saturated rings. The van der Waals surface area contributed by atoms with Crippen molar-refractivity contribution in [1.29, 1.82) is 0 Å². The summed E-state index contributed by atoms with van der Waals surface area (Å²) >= 11 is 6.02. The third kappa shape index (κ3) is 9.82. The van der Waals surface area contributed by atoms with E-state index >= 15 is 0 Å². The van der Waals surface area contributed by atoms with Crippen LogP contribution in [0.15, 0.2) is 63.7 Å². The molecule has 3 rings (SSSR count). The molecule has 12 heteroatoms. The summed E-state index contributed by atoms with van der Waals surface area (Å²) in [7, 11) is -4.02. The van der Waals surface area contributed by atoms with E-state index in [0.29, 0.717) is 54.2 Å². The molecule has 35 heavy (non-hydrogen) atoms. The van der Waals surface area contributed by atoms with Crippen LogP contribution in [0.2, 0.25) is 0 Å². The second kappa shape index (κ2) is 14.0. The van der Waals surface area contributed by atoms with E-state index in [9.17, 15) is 12.8 Å². The maximum Gasteiger partial charge on any atom is 0.295 e. The molecule has 1 unspecified atom stereocenters. The SMILES string of the molecule is Cc1ccc(S(=O)(=O)O)cc1.NC/C(=C/F)COc1ccc2nc(NCCC(Cl)CCO)oc2c1. The number of alkyl halides is 1. The Bertz CT molecular complexity index is 1200. The van der Waals surface area contributed by atoms with E-state index in [4.69, 9.17) is 36.1 Å². The van der Waals surface area contributed by atoms with E-state index in [1.54, 1.807) is 30.3 Å². The van der Waals surface area contributed by atoms with Gasteiger partial charge in [0, 0.05) is 36.7 Å². The van der Waals surface area contributed by atoms with Gasteiger partial charge in [-0.1, -0.05) is 17.7 Å². The average Bonchev–Trinajstić information content (AvgIpc) is 3.22. The molecule has 1 heterocycles. The van der Waals surface area contributed by atoms with Crippen molar-refractivity contribution in [2.45, 2.75) is 30.0 Å². The zero-order valence-electron chi connectivity index (χ0n) is 19.2. The fourth-order valence-corrected chi connectivity index (χ4v) is 3.40. The van der Waals surface area contributed by atoms with Crippen LogP contribution in [0, 0.1) is 6.92 Å². The van der Waals surface area contributed by atoms with Gasteiger partial charge in [-0.3, -0.25) is 4.55 Å². The molecule has 1 aromatic heterocycles. The highest BCUT2D eigenvalue weighted by atomic mass is 35.5. The molecule has 0 saturated carbocycles. The highest BCUT2D eigenvalue weighted by Crippen LogP contribution is 2.24. The Labute approximate surface area is 208 Å². The van der Waals surface area contributed by atoms with Gasteiger partial charge in [0.05, 0.1) is 11.2 Å². The van der Waals surface area contributed by atoms with Gasteiger partial charge in [0.15, 0.2) is 5.58 Å². The van der Waals surface area contributed by atoms with Gasteiger partial charge in [0.2, 0.25) is 0 Å². The zero-order valence-corrected chi connectivity index (χ0v) is 20.7. The number of oxazole rings is 1. The quantitative estimate of drug-likeness (QED) is 0.213. The van der Waals surface area contributed by atoms with Crippen LogP contribution in [0.1, 0.15) is 18.4 Å². The highest BCUT2D eigenvalue weighted by Gasteiger charge is 2.09. The minimum Gasteiger partial charge on any atom is -0.489 e. The number of fused-ring (bicyclic) bond motifs is 1. The van der Waals surface area contributed by atoms with Crippen LogP contribution >= 0.6 is 11.6 Å². The first-order valence-electron chi connectivity index (χ1n) is 10.7. The molecule has 0 radical (unpaired) electrons. The summed E-state index contributed by atoms with van der Waals surface area (Å²) in [6, 6.07) is 11.6. The number of anilines is 1. The van der Waals surface area contributed by atoms with Crippen LogP contribution < -0.4 is 15.8 Å². The molecule has 9 nitrogen and oxygen atoms in total. The third-order valence-electron chi connectivity index (χ3n) is 4.70. The minimum absolute atomic E-state index is 0.0666. The molecule has 5 N–H and O–H groups in total. The number of aromatic nitrogens is 1. The lowest BCUT2D eigenvalue weighted by Gasteiger charge is -2.06. The molecule has 0 aliphatic heterocycles. The number of hydrogen-bond acceptors (Lipinski definition) is 8. The van der Waals surface area contributed by atoms with E-state index in [1.807, 2.05) is 6.92 Å².